The van der Waals surface area contributed by atoms with Gasteiger partial charge in [0.15, 0.2) is 11.5 Å². The molecule has 0 saturated carbocycles. The highest BCUT2D eigenvalue weighted by molar-refractivity contribution is 5.43. The first-order chi connectivity index (χ1) is 8.74. The summed E-state index contributed by atoms with van der Waals surface area (Å²) in [6.45, 7) is 3.93. The zero-order valence-electron chi connectivity index (χ0n) is 10.4. The van der Waals surface area contributed by atoms with Crippen molar-refractivity contribution in [1.82, 2.24) is 29.5 Å². The molecule has 3 rings (SSSR count). The van der Waals surface area contributed by atoms with Crippen molar-refractivity contribution in [1.29, 1.82) is 0 Å². The third kappa shape index (κ3) is 1.85. The van der Waals surface area contributed by atoms with Gasteiger partial charge < -0.3 is 4.98 Å². The monoisotopic (exact) mass is 242 g/mol. The first kappa shape index (κ1) is 10.9. The minimum absolute atomic E-state index is 0.794. The van der Waals surface area contributed by atoms with E-state index in [2.05, 4.69) is 25.0 Å². The second-order valence-corrected chi connectivity index (χ2v) is 4.33. The first-order valence-electron chi connectivity index (χ1n) is 5.89. The molecule has 0 aromatic carbocycles. The fraction of sp³-hybridized carbons (Fsp3) is 0.333. The number of aryl methyl sites for hydroxylation is 4. The second-order valence-electron chi connectivity index (χ2n) is 4.33. The highest BCUT2D eigenvalue weighted by Crippen LogP contribution is 2.09. The topological polar surface area (TPSA) is 71.8 Å². The van der Waals surface area contributed by atoms with Crippen molar-refractivity contribution in [3.05, 3.63) is 41.6 Å². The molecule has 92 valence electrons. The summed E-state index contributed by atoms with van der Waals surface area (Å²) in [5.41, 5.74) is 3.84. The number of aromatic nitrogens is 6. The Morgan fingerprint density at radius 3 is 2.83 bits per heavy atom. The molecule has 0 amide bonds. The van der Waals surface area contributed by atoms with Gasteiger partial charge in [0.05, 0.1) is 17.7 Å². The molecule has 0 spiro atoms. The van der Waals surface area contributed by atoms with Crippen LogP contribution in [-0.2, 0) is 12.8 Å². The average Bonchev–Trinajstić information content (AvgIpc) is 3.00. The van der Waals surface area contributed by atoms with Crippen LogP contribution < -0.4 is 0 Å². The van der Waals surface area contributed by atoms with E-state index in [1.165, 1.54) is 0 Å². The molecule has 18 heavy (non-hydrogen) atoms. The van der Waals surface area contributed by atoms with Gasteiger partial charge in [-0.15, -0.1) is 0 Å². The molecule has 0 aliphatic heterocycles. The van der Waals surface area contributed by atoms with Crippen molar-refractivity contribution in [3.8, 4) is 0 Å². The van der Waals surface area contributed by atoms with Crippen LogP contribution in [0.1, 0.15) is 22.9 Å². The summed E-state index contributed by atoms with van der Waals surface area (Å²) in [5, 5.41) is 4.50. The molecule has 0 unspecified atom stereocenters. The molecular weight excluding hydrogens is 228 g/mol. The van der Waals surface area contributed by atoms with E-state index in [0.717, 1.165) is 41.4 Å². The maximum Gasteiger partial charge on any atom is 0.177 e. The van der Waals surface area contributed by atoms with Crippen LogP contribution in [0.5, 0.6) is 0 Å². The van der Waals surface area contributed by atoms with Crippen LogP contribution in [0.2, 0.25) is 0 Å². The minimum atomic E-state index is 0.794. The van der Waals surface area contributed by atoms with E-state index < -0.39 is 0 Å². The predicted molar refractivity (Wildman–Crippen MR) is 66.3 cm³/mol. The summed E-state index contributed by atoms with van der Waals surface area (Å²) in [6.07, 6.45) is 6.99. The number of hydrogen-bond acceptors (Lipinski definition) is 4. The number of aromatic amines is 1. The molecule has 0 saturated heterocycles. The van der Waals surface area contributed by atoms with Crippen LogP contribution in [0.3, 0.4) is 0 Å². The molecule has 0 atom stereocenters. The molecule has 3 aromatic heterocycles. The number of H-pyrrole nitrogens is 1. The van der Waals surface area contributed by atoms with Gasteiger partial charge in [-0.25, -0.2) is 14.5 Å². The Morgan fingerprint density at radius 2 is 2.11 bits per heavy atom. The van der Waals surface area contributed by atoms with Crippen molar-refractivity contribution in [3.63, 3.8) is 0 Å². The van der Waals surface area contributed by atoms with Crippen molar-refractivity contribution >= 4 is 5.65 Å². The summed E-state index contributed by atoms with van der Waals surface area (Å²) < 4.78 is 1.85. The van der Waals surface area contributed by atoms with E-state index >= 15 is 0 Å². The molecule has 3 aromatic rings. The van der Waals surface area contributed by atoms with Gasteiger partial charge in [0, 0.05) is 24.5 Å². The van der Waals surface area contributed by atoms with Gasteiger partial charge in [-0.05, 0) is 20.3 Å². The van der Waals surface area contributed by atoms with E-state index in [1.807, 2.05) is 30.8 Å². The van der Waals surface area contributed by atoms with Gasteiger partial charge in [-0.3, -0.25) is 4.98 Å². The SMILES string of the molecule is Cc1ncc(C)n2nc(CCc3cnc[nH]3)nc12. The maximum atomic E-state index is 4.53. The van der Waals surface area contributed by atoms with Gasteiger partial charge in [-0.1, -0.05) is 0 Å². The number of rotatable bonds is 3. The zero-order chi connectivity index (χ0) is 12.5. The van der Waals surface area contributed by atoms with Crippen LogP contribution in [0.15, 0.2) is 18.7 Å². The standard InChI is InChI=1S/C12H14N6/c1-8-5-14-9(2)12-16-11(17-18(8)12)4-3-10-6-13-7-15-10/h5-7H,3-4H2,1-2H3,(H,13,15). The number of fused-ring (bicyclic) bond motifs is 1. The predicted octanol–water partition coefficient (Wildman–Crippen LogP) is 1.25. The lowest BCUT2D eigenvalue weighted by atomic mass is 10.2. The summed E-state index contributed by atoms with van der Waals surface area (Å²) in [6, 6.07) is 0. The number of nitrogens with one attached hydrogen (secondary N) is 1. The van der Waals surface area contributed by atoms with Gasteiger partial charge in [0.1, 0.15) is 0 Å². The minimum Gasteiger partial charge on any atom is -0.348 e. The van der Waals surface area contributed by atoms with Crippen molar-refractivity contribution in [2.75, 3.05) is 0 Å². The quantitative estimate of drug-likeness (QED) is 0.750. The van der Waals surface area contributed by atoms with Crippen LogP contribution in [0, 0.1) is 13.8 Å². The van der Waals surface area contributed by atoms with E-state index in [4.69, 9.17) is 0 Å². The Balaban J connectivity index is 1.89. The molecule has 1 N–H and O–H groups in total. The summed E-state index contributed by atoms with van der Waals surface area (Å²) in [4.78, 5) is 15.9. The van der Waals surface area contributed by atoms with Crippen molar-refractivity contribution < 1.29 is 0 Å². The van der Waals surface area contributed by atoms with Gasteiger partial charge in [0.2, 0.25) is 0 Å². The van der Waals surface area contributed by atoms with Crippen molar-refractivity contribution in [2.45, 2.75) is 26.7 Å². The lowest BCUT2D eigenvalue weighted by Gasteiger charge is -1.97. The van der Waals surface area contributed by atoms with Gasteiger partial charge in [0.25, 0.3) is 0 Å². The molecule has 0 fully saturated rings. The Labute approximate surface area is 104 Å². The lowest BCUT2D eigenvalue weighted by molar-refractivity contribution is 0.809. The Hall–Kier alpha value is -2.24. The smallest absolute Gasteiger partial charge is 0.177 e. The highest BCUT2D eigenvalue weighted by atomic mass is 15.3. The van der Waals surface area contributed by atoms with E-state index in [1.54, 1.807) is 6.33 Å². The van der Waals surface area contributed by atoms with Crippen LogP contribution >= 0.6 is 0 Å². The van der Waals surface area contributed by atoms with Gasteiger partial charge in [-0.2, -0.15) is 5.10 Å². The number of hydrogen-bond donors (Lipinski definition) is 1. The second kappa shape index (κ2) is 4.21. The first-order valence-corrected chi connectivity index (χ1v) is 5.89. The highest BCUT2D eigenvalue weighted by Gasteiger charge is 2.08. The average molecular weight is 242 g/mol. The van der Waals surface area contributed by atoms with E-state index in [9.17, 15) is 0 Å². The molecule has 0 bridgehead atoms. The maximum absolute atomic E-state index is 4.53. The molecular formula is C12H14N6. The lowest BCUT2D eigenvalue weighted by Crippen LogP contribution is -1.98. The van der Waals surface area contributed by atoms with E-state index in [0.29, 0.717) is 0 Å². The molecule has 0 aliphatic carbocycles. The van der Waals surface area contributed by atoms with Crippen molar-refractivity contribution in [2.24, 2.45) is 0 Å². The Bertz CT molecular complexity index is 628. The molecule has 3 heterocycles. The summed E-state index contributed by atoms with van der Waals surface area (Å²) >= 11 is 0. The van der Waals surface area contributed by atoms with Crippen LogP contribution in [0.25, 0.3) is 5.65 Å². The Kier molecular flexibility index (Phi) is 2.55. The number of nitrogens with zero attached hydrogens (tertiary/aromatic N) is 5. The van der Waals surface area contributed by atoms with Gasteiger partial charge >= 0.3 is 0 Å². The normalized spacial score (nSPS) is 11.2. The molecule has 6 nitrogen and oxygen atoms in total. The van der Waals surface area contributed by atoms with Crippen LogP contribution in [0.4, 0.5) is 0 Å². The summed E-state index contributed by atoms with van der Waals surface area (Å²) in [7, 11) is 0. The molecule has 0 aliphatic rings. The van der Waals surface area contributed by atoms with Crippen LogP contribution in [-0.4, -0.2) is 29.5 Å². The largest absolute Gasteiger partial charge is 0.348 e. The third-order valence-electron chi connectivity index (χ3n) is 2.93. The zero-order valence-corrected chi connectivity index (χ0v) is 10.4. The molecule has 0 radical (unpaired) electrons. The third-order valence-corrected chi connectivity index (χ3v) is 2.93. The molecule has 6 heteroatoms. The Morgan fingerprint density at radius 1 is 1.22 bits per heavy atom. The number of imidazole rings is 1. The fourth-order valence-electron chi connectivity index (χ4n) is 1.91. The fourth-order valence-corrected chi connectivity index (χ4v) is 1.91. The van der Waals surface area contributed by atoms with E-state index in [-0.39, 0.29) is 0 Å². The summed E-state index contributed by atoms with van der Waals surface area (Å²) in [5.74, 6) is 0.837.